The van der Waals surface area contributed by atoms with Gasteiger partial charge in [-0.3, -0.25) is 0 Å². The molecule has 0 spiro atoms. The van der Waals surface area contributed by atoms with Crippen LogP contribution in [0.1, 0.15) is 5.56 Å². The molecule has 7 nitrogen and oxygen atoms in total. The Hall–Kier alpha value is -2.02. The highest BCUT2D eigenvalue weighted by Crippen LogP contribution is 2.32. The first-order valence-electron chi connectivity index (χ1n) is 5.37. The van der Waals surface area contributed by atoms with Crippen LogP contribution in [0.15, 0.2) is 18.2 Å². The van der Waals surface area contributed by atoms with Gasteiger partial charge in [0.05, 0.1) is 6.10 Å². The summed E-state index contributed by atoms with van der Waals surface area (Å²) < 4.78 is 15.6. The number of benzene rings is 1. The number of fused-ring (bicyclic) bond motifs is 1. The van der Waals surface area contributed by atoms with E-state index < -0.39 is 5.09 Å². The lowest BCUT2D eigenvalue weighted by Crippen LogP contribution is -2.22. The van der Waals surface area contributed by atoms with E-state index in [1.54, 1.807) is 6.07 Å². The second kappa shape index (κ2) is 5.54. The fourth-order valence-corrected chi connectivity index (χ4v) is 1.69. The van der Waals surface area contributed by atoms with Crippen molar-refractivity contribution >= 4 is 0 Å². The second-order valence-electron chi connectivity index (χ2n) is 3.77. The Kier molecular flexibility index (Phi) is 3.83. The highest BCUT2D eigenvalue weighted by molar-refractivity contribution is 5.44. The predicted octanol–water partition coefficient (Wildman–Crippen LogP) is 1.18. The van der Waals surface area contributed by atoms with Gasteiger partial charge in [0.25, 0.3) is 5.09 Å². The van der Waals surface area contributed by atoms with E-state index in [4.69, 9.17) is 14.2 Å². The molecule has 0 saturated carbocycles. The van der Waals surface area contributed by atoms with Gasteiger partial charge in [0.15, 0.2) is 11.5 Å². The maximum Gasteiger partial charge on any atom is 0.294 e. The Morgan fingerprint density at radius 2 is 2.22 bits per heavy atom. The van der Waals surface area contributed by atoms with Crippen molar-refractivity contribution in [2.24, 2.45) is 0 Å². The summed E-state index contributed by atoms with van der Waals surface area (Å²) >= 11 is 0. The van der Waals surface area contributed by atoms with Crippen molar-refractivity contribution in [3.63, 3.8) is 0 Å². The van der Waals surface area contributed by atoms with Crippen LogP contribution in [0.2, 0.25) is 0 Å². The minimum atomic E-state index is -0.828. The molecule has 2 rings (SSSR count). The van der Waals surface area contributed by atoms with Crippen LogP contribution in [0.5, 0.6) is 11.5 Å². The molecular weight excluding hydrogens is 242 g/mol. The van der Waals surface area contributed by atoms with Gasteiger partial charge in [-0.1, -0.05) is 6.07 Å². The molecule has 0 fully saturated rings. The summed E-state index contributed by atoms with van der Waals surface area (Å²) in [5, 5.41) is 9.29. The zero-order valence-corrected chi connectivity index (χ0v) is 9.83. The molecule has 1 aromatic rings. The smallest absolute Gasteiger partial charge is 0.294 e. The average molecular weight is 255 g/mol. The summed E-state index contributed by atoms with van der Waals surface area (Å²) in [4.78, 5) is 14.4. The normalized spacial score (nSPS) is 14.3. The maximum absolute atomic E-state index is 10.1. The Balaban J connectivity index is 1.96. The van der Waals surface area contributed by atoms with Crippen LogP contribution in [0.4, 0.5) is 0 Å². The first-order valence-corrected chi connectivity index (χ1v) is 5.37. The monoisotopic (exact) mass is 255 g/mol. The first kappa shape index (κ1) is 12.4. The summed E-state index contributed by atoms with van der Waals surface area (Å²) in [7, 11) is 1.49. The molecule has 18 heavy (non-hydrogen) atoms. The molecule has 0 aliphatic carbocycles. The Morgan fingerprint density at radius 3 is 2.94 bits per heavy atom. The van der Waals surface area contributed by atoms with Crippen LogP contribution in [0, 0.1) is 10.1 Å². The molecule has 1 heterocycles. The molecule has 1 aromatic carbocycles. The van der Waals surface area contributed by atoms with Gasteiger partial charge in [-0.05, 0) is 17.7 Å². The molecule has 1 aliphatic rings. The van der Waals surface area contributed by atoms with Crippen molar-refractivity contribution in [2.45, 2.75) is 12.5 Å². The van der Waals surface area contributed by atoms with Gasteiger partial charge in [0.2, 0.25) is 6.79 Å². The number of nitrogens with zero attached hydrogens (tertiary/aromatic N) is 1. The zero-order valence-electron chi connectivity index (χ0n) is 9.83. The molecule has 7 heteroatoms. The van der Waals surface area contributed by atoms with Gasteiger partial charge in [0, 0.05) is 13.5 Å². The zero-order chi connectivity index (χ0) is 13.0. The standard InChI is InChI=1S/C11H13NO6/c1-15-9(6-18-12(13)14)4-8-2-3-10-11(5-8)17-7-16-10/h2-3,5,9H,4,6-7H2,1H3. The average Bonchev–Trinajstić information content (AvgIpc) is 2.81. The van der Waals surface area contributed by atoms with E-state index in [0.717, 1.165) is 5.56 Å². The molecule has 0 aromatic heterocycles. The van der Waals surface area contributed by atoms with Gasteiger partial charge < -0.3 is 19.0 Å². The van der Waals surface area contributed by atoms with Crippen molar-refractivity contribution in [1.82, 2.24) is 0 Å². The Labute approximate surface area is 103 Å². The maximum atomic E-state index is 10.1. The van der Waals surface area contributed by atoms with Gasteiger partial charge in [-0.2, -0.15) is 0 Å². The molecule has 1 unspecified atom stereocenters. The number of methoxy groups -OCH3 is 1. The summed E-state index contributed by atoms with van der Waals surface area (Å²) in [5.41, 5.74) is 0.943. The topological polar surface area (TPSA) is 80.1 Å². The SMILES string of the molecule is COC(CO[N+](=O)[O-])Cc1ccc2c(c1)OCO2. The van der Waals surface area contributed by atoms with Gasteiger partial charge >= 0.3 is 0 Å². The highest BCUT2D eigenvalue weighted by Gasteiger charge is 2.16. The van der Waals surface area contributed by atoms with E-state index >= 15 is 0 Å². The third kappa shape index (κ3) is 3.01. The van der Waals surface area contributed by atoms with Crippen molar-refractivity contribution in [3.8, 4) is 11.5 Å². The van der Waals surface area contributed by atoms with Crippen molar-refractivity contribution in [3.05, 3.63) is 33.9 Å². The van der Waals surface area contributed by atoms with Crippen LogP contribution in [0.3, 0.4) is 0 Å². The second-order valence-corrected chi connectivity index (χ2v) is 3.77. The molecule has 0 saturated heterocycles. The third-order valence-corrected chi connectivity index (χ3v) is 2.60. The highest BCUT2D eigenvalue weighted by atomic mass is 17.0. The van der Waals surface area contributed by atoms with Crippen LogP contribution in [0.25, 0.3) is 0 Å². The Morgan fingerprint density at radius 1 is 1.44 bits per heavy atom. The number of ether oxygens (including phenoxy) is 3. The summed E-state index contributed by atoms with van der Waals surface area (Å²) in [6.45, 7) is 0.120. The largest absolute Gasteiger partial charge is 0.454 e. The van der Waals surface area contributed by atoms with Crippen LogP contribution in [-0.4, -0.2) is 31.7 Å². The fraction of sp³-hybridized carbons (Fsp3) is 0.455. The lowest BCUT2D eigenvalue weighted by atomic mass is 10.1. The van der Waals surface area contributed by atoms with E-state index in [2.05, 4.69) is 4.84 Å². The van der Waals surface area contributed by atoms with Crippen molar-refractivity contribution in [1.29, 1.82) is 0 Å². The lowest BCUT2D eigenvalue weighted by Gasteiger charge is -2.14. The fourth-order valence-electron chi connectivity index (χ4n) is 1.69. The molecule has 0 radical (unpaired) electrons. The quantitative estimate of drug-likeness (QED) is 0.561. The van der Waals surface area contributed by atoms with Gasteiger partial charge in [0.1, 0.15) is 6.61 Å². The Bertz CT molecular complexity index is 436. The van der Waals surface area contributed by atoms with Crippen molar-refractivity contribution in [2.75, 3.05) is 20.5 Å². The summed E-state index contributed by atoms with van der Waals surface area (Å²) in [6, 6.07) is 5.50. The number of hydrogen-bond acceptors (Lipinski definition) is 6. The van der Waals surface area contributed by atoms with Crippen molar-refractivity contribution < 1.29 is 24.1 Å². The van der Waals surface area contributed by atoms with Crippen LogP contribution >= 0.6 is 0 Å². The van der Waals surface area contributed by atoms with E-state index in [9.17, 15) is 10.1 Å². The van der Waals surface area contributed by atoms with Crippen LogP contribution < -0.4 is 9.47 Å². The van der Waals surface area contributed by atoms with Gasteiger partial charge in [-0.25, -0.2) is 0 Å². The minimum absolute atomic E-state index is 0.0993. The molecule has 0 bridgehead atoms. The lowest BCUT2D eigenvalue weighted by molar-refractivity contribution is -0.759. The van der Waals surface area contributed by atoms with E-state index in [0.29, 0.717) is 17.9 Å². The summed E-state index contributed by atoms with van der Waals surface area (Å²) in [6.07, 6.45) is 0.122. The van der Waals surface area contributed by atoms with E-state index in [-0.39, 0.29) is 19.5 Å². The molecule has 1 atom stereocenters. The molecule has 0 N–H and O–H groups in total. The molecule has 1 aliphatic heterocycles. The predicted molar refractivity (Wildman–Crippen MR) is 60.0 cm³/mol. The van der Waals surface area contributed by atoms with Gasteiger partial charge in [-0.15, -0.1) is 10.1 Å². The minimum Gasteiger partial charge on any atom is -0.454 e. The molecule has 98 valence electrons. The summed E-state index contributed by atoms with van der Waals surface area (Å²) in [5.74, 6) is 1.38. The number of rotatable bonds is 6. The van der Waals surface area contributed by atoms with E-state index in [1.807, 2.05) is 12.1 Å². The molecular formula is C11H13NO6. The number of hydrogen-bond donors (Lipinski definition) is 0. The first-order chi connectivity index (χ1) is 8.69. The third-order valence-electron chi connectivity index (χ3n) is 2.60. The molecule has 0 amide bonds. The van der Waals surface area contributed by atoms with Crippen LogP contribution in [-0.2, 0) is 16.0 Å². The van der Waals surface area contributed by atoms with E-state index in [1.165, 1.54) is 7.11 Å².